The fraction of sp³-hybridized carbons (Fsp3) is 0.667. The van der Waals surface area contributed by atoms with Gasteiger partial charge in [0.15, 0.2) is 0 Å². The summed E-state index contributed by atoms with van der Waals surface area (Å²) in [5.74, 6) is 0.811. The molecule has 0 aromatic carbocycles. The van der Waals surface area contributed by atoms with Crippen molar-refractivity contribution >= 4 is 0 Å². The number of nitrogens with two attached hydrogens (primary N) is 1. The van der Waals surface area contributed by atoms with Crippen LogP contribution in [-0.2, 0) is 0 Å². The average molecular weight is 207 g/mol. The molecule has 1 unspecified atom stereocenters. The van der Waals surface area contributed by atoms with E-state index in [1.165, 1.54) is 31.5 Å². The summed E-state index contributed by atoms with van der Waals surface area (Å²) in [6.07, 6.45) is 9.19. The Labute approximate surface area is 92.0 Å². The minimum absolute atomic E-state index is 0.336. The predicted molar refractivity (Wildman–Crippen MR) is 63.2 cm³/mol. The summed E-state index contributed by atoms with van der Waals surface area (Å²) in [6, 6.07) is 0. The number of dihydropyridines is 1. The van der Waals surface area contributed by atoms with Crippen LogP contribution in [0.2, 0.25) is 0 Å². The van der Waals surface area contributed by atoms with Gasteiger partial charge in [-0.1, -0.05) is 13.0 Å². The minimum Gasteiger partial charge on any atom is -0.372 e. The van der Waals surface area contributed by atoms with Crippen LogP contribution in [0.1, 0.15) is 19.8 Å². The summed E-state index contributed by atoms with van der Waals surface area (Å²) in [5, 5.41) is 3.41. The molecule has 2 aliphatic heterocycles. The fourth-order valence-electron chi connectivity index (χ4n) is 2.50. The van der Waals surface area contributed by atoms with Crippen LogP contribution in [0.4, 0.5) is 0 Å². The summed E-state index contributed by atoms with van der Waals surface area (Å²) in [4.78, 5) is 2.51. The second-order valence-electron chi connectivity index (χ2n) is 4.62. The number of allylic oxidation sites excluding steroid dienone is 2. The zero-order valence-corrected chi connectivity index (χ0v) is 9.45. The third-order valence-corrected chi connectivity index (χ3v) is 3.30. The first-order valence-corrected chi connectivity index (χ1v) is 5.87. The summed E-state index contributed by atoms with van der Waals surface area (Å²) in [5.41, 5.74) is 7.06. The van der Waals surface area contributed by atoms with Gasteiger partial charge in [-0.25, -0.2) is 0 Å². The highest BCUT2D eigenvalue weighted by Crippen LogP contribution is 2.20. The van der Waals surface area contributed by atoms with Crippen LogP contribution in [0.5, 0.6) is 0 Å². The molecule has 0 aromatic rings. The number of piperidine rings is 1. The zero-order chi connectivity index (χ0) is 10.7. The molecule has 3 N–H and O–H groups in total. The highest BCUT2D eigenvalue weighted by atomic mass is 15.3. The molecule has 0 aromatic heterocycles. The summed E-state index contributed by atoms with van der Waals surface area (Å²) in [6.45, 7) is 5.35. The monoisotopic (exact) mass is 207 g/mol. The lowest BCUT2D eigenvalue weighted by atomic mass is 9.98. The van der Waals surface area contributed by atoms with Crippen LogP contribution in [0.3, 0.4) is 0 Å². The second-order valence-corrected chi connectivity index (χ2v) is 4.62. The molecule has 0 bridgehead atoms. The van der Waals surface area contributed by atoms with Gasteiger partial charge in [0.1, 0.15) is 6.17 Å². The number of hydrogen-bond acceptors (Lipinski definition) is 3. The Balaban J connectivity index is 2.03. The van der Waals surface area contributed by atoms with E-state index in [-0.39, 0.29) is 0 Å². The molecule has 2 atom stereocenters. The quantitative estimate of drug-likeness (QED) is 0.711. The van der Waals surface area contributed by atoms with Gasteiger partial charge < -0.3 is 11.1 Å². The predicted octanol–water partition coefficient (Wildman–Crippen LogP) is 1.05. The molecule has 84 valence electrons. The average Bonchev–Trinajstić information content (AvgIpc) is 2.29. The molecule has 0 radical (unpaired) electrons. The summed E-state index contributed by atoms with van der Waals surface area (Å²) in [7, 11) is 0. The molecule has 1 fully saturated rings. The molecular weight excluding hydrogens is 186 g/mol. The number of nitrogens with zero attached hydrogens (tertiary/aromatic N) is 1. The van der Waals surface area contributed by atoms with Gasteiger partial charge in [-0.2, -0.15) is 0 Å². The molecule has 0 saturated carbocycles. The van der Waals surface area contributed by atoms with Gasteiger partial charge in [-0.15, -0.1) is 0 Å². The van der Waals surface area contributed by atoms with Gasteiger partial charge in [-0.3, -0.25) is 4.90 Å². The molecule has 0 amide bonds. The molecule has 0 aliphatic carbocycles. The van der Waals surface area contributed by atoms with Crippen LogP contribution in [0, 0.1) is 5.92 Å². The lowest BCUT2D eigenvalue weighted by Gasteiger charge is -2.39. The van der Waals surface area contributed by atoms with E-state index in [0.717, 1.165) is 5.92 Å². The smallest absolute Gasteiger partial charge is 0.103 e. The molecule has 1 saturated heterocycles. The van der Waals surface area contributed by atoms with Gasteiger partial charge in [0.05, 0.1) is 0 Å². The summed E-state index contributed by atoms with van der Waals surface area (Å²) >= 11 is 0. The van der Waals surface area contributed by atoms with Gasteiger partial charge >= 0.3 is 0 Å². The van der Waals surface area contributed by atoms with Crippen LogP contribution < -0.4 is 11.1 Å². The lowest BCUT2D eigenvalue weighted by Crippen LogP contribution is -2.50. The van der Waals surface area contributed by atoms with Crippen LogP contribution >= 0.6 is 0 Å². The highest BCUT2D eigenvalue weighted by Gasteiger charge is 2.25. The van der Waals surface area contributed by atoms with Gasteiger partial charge in [0.25, 0.3) is 0 Å². The first-order chi connectivity index (χ1) is 7.31. The second kappa shape index (κ2) is 4.81. The third-order valence-electron chi connectivity index (χ3n) is 3.30. The molecule has 3 heteroatoms. The number of nitrogens with one attached hydrogen (secondary N) is 1. The van der Waals surface area contributed by atoms with Gasteiger partial charge in [-0.05, 0) is 36.6 Å². The Morgan fingerprint density at radius 2 is 2.47 bits per heavy atom. The van der Waals surface area contributed by atoms with Crippen LogP contribution in [-0.4, -0.2) is 30.7 Å². The molecular formula is C12H21N3. The van der Waals surface area contributed by atoms with Crippen molar-refractivity contribution in [3.05, 3.63) is 23.9 Å². The molecule has 2 aliphatic rings. The lowest BCUT2D eigenvalue weighted by molar-refractivity contribution is 0.134. The van der Waals surface area contributed by atoms with E-state index in [2.05, 4.69) is 23.2 Å². The topological polar surface area (TPSA) is 41.3 Å². The highest BCUT2D eigenvalue weighted by molar-refractivity contribution is 5.23. The Morgan fingerprint density at radius 1 is 1.60 bits per heavy atom. The Kier molecular flexibility index (Phi) is 3.44. The maximum atomic E-state index is 5.77. The van der Waals surface area contributed by atoms with Crippen molar-refractivity contribution in [2.45, 2.75) is 25.9 Å². The van der Waals surface area contributed by atoms with E-state index >= 15 is 0 Å². The molecule has 2 rings (SSSR count). The first-order valence-electron chi connectivity index (χ1n) is 5.87. The summed E-state index contributed by atoms with van der Waals surface area (Å²) < 4.78 is 0. The molecule has 2 heterocycles. The Hall–Kier alpha value is -0.800. The van der Waals surface area contributed by atoms with E-state index in [9.17, 15) is 0 Å². The van der Waals surface area contributed by atoms with Crippen molar-refractivity contribution in [3.8, 4) is 0 Å². The Morgan fingerprint density at radius 3 is 3.20 bits per heavy atom. The molecule has 15 heavy (non-hydrogen) atoms. The third kappa shape index (κ3) is 2.41. The number of rotatable bonds is 2. The van der Waals surface area contributed by atoms with E-state index in [1.54, 1.807) is 0 Å². The fourth-order valence-corrected chi connectivity index (χ4v) is 2.50. The van der Waals surface area contributed by atoms with Crippen LogP contribution in [0.25, 0.3) is 0 Å². The van der Waals surface area contributed by atoms with E-state index < -0.39 is 0 Å². The zero-order valence-electron chi connectivity index (χ0n) is 9.45. The van der Waals surface area contributed by atoms with E-state index in [4.69, 9.17) is 5.73 Å². The van der Waals surface area contributed by atoms with Gasteiger partial charge in [0.2, 0.25) is 0 Å². The normalized spacial score (nSPS) is 32.3. The molecule has 0 spiro atoms. The van der Waals surface area contributed by atoms with Crippen molar-refractivity contribution in [1.82, 2.24) is 10.2 Å². The van der Waals surface area contributed by atoms with Crippen molar-refractivity contribution < 1.29 is 0 Å². The standard InChI is InChI=1S/C12H21N3/c1-10-4-3-7-15(9-10)12-11(8-13)5-2-6-14-12/h2,5-6,10,12,14H,3-4,7-9,13H2,1H3/t10-,12?/m0/s1. The number of likely N-dealkylation sites (tertiary alicyclic amines) is 1. The maximum absolute atomic E-state index is 5.77. The SMILES string of the molecule is C[C@H]1CCCN(C2NC=CC=C2CN)C1. The largest absolute Gasteiger partial charge is 0.372 e. The first kappa shape index (κ1) is 10.7. The van der Waals surface area contributed by atoms with Crippen LogP contribution in [0.15, 0.2) is 23.9 Å². The Bertz CT molecular complexity index is 270. The van der Waals surface area contributed by atoms with Gasteiger partial charge in [0, 0.05) is 19.6 Å². The minimum atomic E-state index is 0.336. The van der Waals surface area contributed by atoms with E-state index in [1.807, 2.05) is 12.3 Å². The number of hydrogen-bond donors (Lipinski definition) is 2. The van der Waals surface area contributed by atoms with Crippen molar-refractivity contribution in [1.29, 1.82) is 0 Å². The maximum Gasteiger partial charge on any atom is 0.103 e. The molecule has 3 nitrogen and oxygen atoms in total. The van der Waals surface area contributed by atoms with Crippen molar-refractivity contribution in [3.63, 3.8) is 0 Å². The van der Waals surface area contributed by atoms with Crippen molar-refractivity contribution in [2.24, 2.45) is 11.7 Å². The van der Waals surface area contributed by atoms with E-state index in [0.29, 0.717) is 12.7 Å². The van der Waals surface area contributed by atoms with Crippen molar-refractivity contribution in [2.75, 3.05) is 19.6 Å².